The Morgan fingerprint density at radius 2 is 1.52 bits per heavy atom. The predicted molar refractivity (Wildman–Crippen MR) is 185 cm³/mol. The lowest BCUT2D eigenvalue weighted by Gasteiger charge is -2.37. The summed E-state index contributed by atoms with van der Waals surface area (Å²) in [4.78, 5) is 40.6. The Kier molecular flexibility index (Phi) is 9.10. The van der Waals surface area contributed by atoms with Gasteiger partial charge < -0.3 is 30.2 Å². The summed E-state index contributed by atoms with van der Waals surface area (Å²) in [5.41, 5.74) is 10.2. The first kappa shape index (κ1) is 32.6. The molecule has 0 fully saturated rings. The Bertz CT molecular complexity index is 1850. The van der Waals surface area contributed by atoms with E-state index in [-0.39, 0.29) is 12.5 Å². The lowest BCUT2D eigenvalue weighted by molar-refractivity contribution is -0.117. The summed E-state index contributed by atoms with van der Waals surface area (Å²) in [6, 6.07) is 25.0. The molecule has 0 radical (unpaired) electrons. The van der Waals surface area contributed by atoms with Crippen LogP contribution >= 0.6 is 0 Å². The molecule has 0 saturated carbocycles. The van der Waals surface area contributed by atoms with Gasteiger partial charge in [0.1, 0.15) is 18.1 Å². The Balaban J connectivity index is 1.20. The van der Waals surface area contributed by atoms with Crippen molar-refractivity contribution in [1.82, 2.24) is 0 Å². The quantitative estimate of drug-likeness (QED) is 0.154. The highest BCUT2D eigenvalue weighted by atomic mass is 16.6. The molecule has 0 aliphatic carbocycles. The van der Waals surface area contributed by atoms with Gasteiger partial charge in [-0.3, -0.25) is 10.1 Å². The van der Waals surface area contributed by atoms with Crippen molar-refractivity contribution in [3.63, 3.8) is 0 Å². The van der Waals surface area contributed by atoms with E-state index in [2.05, 4.69) is 29.4 Å². The fourth-order valence-electron chi connectivity index (χ4n) is 6.36. The first-order valence-corrected chi connectivity index (χ1v) is 16.3. The van der Waals surface area contributed by atoms with Crippen LogP contribution in [0.15, 0.2) is 84.9 Å². The molecule has 6 rings (SSSR count). The number of fused-ring (bicyclic) bond motifs is 6. The molecule has 1 unspecified atom stereocenters. The zero-order valence-corrected chi connectivity index (χ0v) is 27.5. The highest BCUT2D eigenvalue weighted by Gasteiger charge is 2.53. The van der Waals surface area contributed by atoms with Gasteiger partial charge in [0.05, 0.1) is 11.6 Å². The number of nitrogens with zero attached hydrogens (tertiary/aromatic N) is 1. The molecule has 4 aromatic carbocycles. The van der Waals surface area contributed by atoms with Crippen molar-refractivity contribution in [2.75, 3.05) is 28.6 Å². The lowest BCUT2D eigenvalue weighted by Crippen LogP contribution is -2.36. The third-order valence-corrected chi connectivity index (χ3v) is 8.73. The summed E-state index contributed by atoms with van der Waals surface area (Å²) in [5, 5.41) is 5.60. The minimum absolute atomic E-state index is 0.0196. The zero-order valence-electron chi connectivity index (χ0n) is 27.5. The van der Waals surface area contributed by atoms with Crippen LogP contribution in [0.1, 0.15) is 66.7 Å². The molecule has 10 nitrogen and oxygen atoms in total. The number of hydrogen-bond donors (Lipinski definition) is 3. The number of anilines is 3. The van der Waals surface area contributed by atoms with E-state index in [9.17, 15) is 14.4 Å². The Hall–Kier alpha value is -5.35. The minimum atomic E-state index is -1.21. The molecule has 0 aromatic heterocycles. The van der Waals surface area contributed by atoms with Gasteiger partial charge in [0.2, 0.25) is 5.91 Å². The van der Waals surface area contributed by atoms with Gasteiger partial charge in [0, 0.05) is 59.0 Å². The van der Waals surface area contributed by atoms with Gasteiger partial charge in [-0.25, -0.2) is 9.59 Å². The molecule has 0 bridgehead atoms. The van der Waals surface area contributed by atoms with Crippen molar-refractivity contribution < 1.29 is 28.6 Å². The molecule has 2 atom stereocenters. The van der Waals surface area contributed by atoms with E-state index in [0.29, 0.717) is 46.3 Å². The van der Waals surface area contributed by atoms with Gasteiger partial charge in [-0.1, -0.05) is 44.2 Å². The second-order valence-corrected chi connectivity index (χ2v) is 12.4. The van der Waals surface area contributed by atoms with E-state index in [1.807, 2.05) is 56.3 Å². The highest BCUT2D eigenvalue weighted by Crippen LogP contribution is 2.56. The lowest BCUT2D eigenvalue weighted by atomic mass is 9.77. The second-order valence-electron chi connectivity index (χ2n) is 12.4. The largest absolute Gasteiger partial charge is 0.456 e. The van der Waals surface area contributed by atoms with Gasteiger partial charge in [-0.2, -0.15) is 0 Å². The molecule has 2 heterocycles. The SMILES string of the molecule is CCN(CC)c1ccc2c(c1)Oc1cc(NC(=O)OCc3ccc(NC(=O)[C@@H](N)CC(C)C)cc3)ccc1C21OC(=O)c2ccccc21. The maximum Gasteiger partial charge on any atom is 0.411 e. The monoisotopic (exact) mass is 648 g/mol. The normalized spacial score (nSPS) is 16.2. The maximum absolute atomic E-state index is 13.2. The van der Waals surface area contributed by atoms with Crippen molar-refractivity contribution in [1.29, 1.82) is 0 Å². The number of nitrogens with two attached hydrogens (primary N) is 1. The molecule has 2 amide bonds. The summed E-state index contributed by atoms with van der Waals surface area (Å²) < 4.78 is 18.2. The van der Waals surface area contributed by atoms with Crippen LogP contribution < -0.4 is 26.0 Å². The average Bonchev–Trinajstić information content (AvgIpc) is 3.36. The van der Waals surface area contributed by atoms with E-state index >= 15 is 0 Å². The number of esters is 1. The number of rotatable bonds is 10. The number of carbonyl (C=O) groups is 3. The molecular weight excluding hydrogens is 608 g/mol. The van der Waals surface area contributed by atoms with E-state index < -0.39 is 23.7 Å². The summed E-state index contributed by atoms with van der Waals surface area (Å²) >= 11 is 0. The van der Waals surface area contributed by atoms with Gasteiger partial charge >= 0.3 is 12.1 Å². The first-order chi connectivity index (χ1) is 23.1. The van der Waals surface area contributed by atoms with Crippen LogP contribution in [0.2, 0.25) is 0 Å². The van der Waals surface area contributed by atoms with E-state index in [4.69, 9.17) is 19.9 Å². The van der Waals surface area contributed by atoms with Crippen LogP contribution in [0, 0.1) is 5.92 Å². The van der Waals surface area contributed by atoms with Crippen molar-refractivity contribution in [3.05, 3.63) is 113 Å². The van der Waals surface area contributed by atoms with E-state index in [1.165, 1.54) is 0 Å². The maximum atomic E-state index is 13.2. The number of carbonyl (C=O) groups excluding carboxylic acids is 3. The van der Waals surface area contributed by atoms with Crippen molar-refractivity contribution in [2.45, 2.75) is 52.4 Å². The fraction of sp³-hybridized carbons (Fsp3) is 0.289. The summed E-state index contributed by atoms with van der Waals surface area (Å²) in [5.74, 6) is 0.682. The van der Waals surface area contributed by atoms with Crippen LogP contribution in [0.4, 0.5) is 21.9 Å². The van der Waals surface area contributed by atoms with E-state index in [0.717, 1.165) is 35.5 Å². The number of hydrogen-bond acceptors (Lipinski definition) is 8. The fourth-order valence-corrected chi connectivity index (χ4v) is 6.36. The Morgan fingerprint density at radius 1 is 0.854 bits per heavy atom. The number of benzene rings is 4. The third-order valence-electron chi connectivity index (χ3n) is 8.73. The molecule has 10 heteroatoms. The molecule has 4 aromatic rings. The number of ether oxygens (including phenoxy) is 3. The molecule has 48 heavy (non-hydrogen) atoms. The summed E-state index contributed by atoms with van der Waals surface area (Å²) in [7, 11) is 0. The van der Waals surface area contributed by atoms with Crippen molar-refractivity contribution in [3.8, 4) is 11.5 Å². The zero-order chi connectivity index (χ0) is 34.0. The molecule has 0 saturated heterocycles. The topological polar surface area (TPSA) is 132 Å². The molecular formula is C38H40N4O6. The van der Waals surface area contributed by atoms with Crippen LogP contribution in [-0.2, 0) is 26.5 Å². The van der Waals surface area contributed by atoms with Gasteiger partial charge in [0.25, 0.3) is 0 Å². The van der Waals surface area contributed by atoms with Gasteiger partial charge in [-0.15, -0.1) is 0 Å². The summed E-state index contributed by atoms with van der Waals surface area (Å²) in [6.45, 7) is 9.87. The Morgan fingerprint density at radius 3 is 2.23 bits per heavy atom. The number of amides is 2. The predicted octanol–water partition coefficient (Wildman–Crippen LogP) is 7.16. The molecule has 1 spiro atoms. The van der Waals surface area contributed by atoms with Crippen LogP contribution in [0.5, 0.6) is 11.5 Å². The van der Waals surface area contributed by atoms with Gasteiger partial charge in [0.15, 0.2) is 5.60 Å². The summed E-state index contributed by atoms with van der Waals surface area (Å²) in [6.07, 6.45) is -0.0597. The smallest absolute Gasteiger partial charge is 0.411 e. The first-order valence-electron chi connectivity index (χ1n) is 16.3. The van der Waals surface area contributed by atoms with Gasteiger partial charge in [-0.05, 0) is 74.2 Å². The van der Waals surface area contributed by atoms with Crippen LogP contribution in [-0.4, -0.2) is 37.1 Å². The van der Waals surface area contributed by atoms with Crippen LogP contribution in [0.25, 0.3) is 0 Å². The number of nitrogens with one attached hydrogen (secondary N) is 2. The Labute approximate surface area is 280 Å². The standard InChI is InChI=1S/C38H40N4O6/c1-5-42(6-2)27-16-18-31-34(21-27)47-33-20-26(15-17-30(33)38(31)29-10-8-7-9-28(29)36(44)48-38)41-37(45)46-22-24-11-13-25(14-12-24)40-35(43)32(39)19-23(3)4/h7-18,20-21,23,32H,5-6,19,22,39H2,1-4H3,(H,40,43)(H,41,45)/t32-,38?/m0/s1. The minimum Gasteiger partial charge on any atom is -0.456 e. The highest BCUT2D eigenvalue weighted by molar-refractivity contribution is 5.97. The molecule has 2 aliphatic heterocycles. The van der Waals surface area contributed by atoms with Crippen LogP contribution in [0.3, 0.4) is 0 Å². The van der Waals surface area contributed by atoms with E-state index in [1.54, 1.807) is 42.5 Å². The van der Waals surface area contributed by atoms with Crippen molar-refractivity contribution >= 4 is 35.0 Å². The second kappa shape index (κ2) is 13.4. The molecule has 248 valence electrons. The third kappa shape index (κ3) is 6.18. The van der Waals surface area contributed by atoms with Crippen molar-refractivity contribution in [2.24, 2.45) is 11.7 Å². The molecule has 2 aliphatic rings. The molecule has 4 N–H and O–H groups in total. The average molecular weight is 649 g/mol.